The number of aliphatic hydroxyl groups is 1. The third-order valence-corrected chi connectivity index (χ3v) is 2.14. The Labute approximate surface area is 105 Å². The van der Waals surface area contributed by atoms with Crippen LogP contribution in [0.2, 0.25) is 0 Å². The first-order chi connectivity index (χ1) is 8.84. The van der Waals surface area contributed by atoms with E-state index in [4.69, 9.17) is 10.4 Å². The van der Waals surface area contributed by atoms with Gasteiger partial charge in [0.25, 0.3) is 0 Å². The Morgan fingerprint density at radius 3 is 2.53 bits per heavy atom. The smallest absolute Gasteiger partial charge is 0.465 e. The first-order valence-corrected chi connectivity index (χ1v) is 4.85. The normalized spacial score (nSPS) is 10.7. The van der Waals surface area contributed by atoms with Crippen LogP contribution in [-0.2, 0) is 11.3 Å². The molecular weight excluding hydrogens is 267 g/mol. The third kappa shape index (κ3) is 3.35. The second kappa shape index (κ2) is 5.58. The van der Waals surface area contributed by atoms with E-state index in [1.807, 2.05) is 0 Å². The highest BCUT2D eigenvalue weighted by molar-refractivity contribution is 5.93. The van der Waals surface area contributed by atoms with E-state index in [-0.39, 0.29) is 11.1 Å². The fraction of sp³-hybridized carbons (Fsp3) is 0.273. The first-order valence-electron chi connectivity index (χ1n) is 4.85. The molecule has 0 fully saturated rings. The summed E-state index contributed by atoms with van der Waals surface area (Å²) in [6, 6.07) is 3.57. The Kier molecular flexibility index (Phi) is 4.34. The van der Waals surface area contributed by atoms with E-state index < -0.39 is 30.3 Å². The Bertz CT molecular complexity index is 534. The Balaban J connectivity index is 3.47. The van der Waals surface area contributed by atoms with Gasteiger partial charge in [-0.3, -0.25) is 0 Å². The van der Waals surface area contributed by atoms with Crippen LogP contribution in [0, 0.1) is 11.3 Å². The van der Waals surface area contributed by atoms with Crippen molar-refractivity contribution in [2.75, 3.05) is 7.11 Å². The Hall–Kier alpha value is -2.27. The molecule has 0 aromatic heterocycles. The monoisotopic (exact) mass is 275 g/mol. The van der Waals surface area contributed by atoms with Crippen molar-refractivity contribution in [2.45, 2.75) is 13.0 Å². The molecule has 0 aliphatic rings. The minimum atomic E-state index is -5.05. The second-order valence-electron chi connectivity index (χ2n) is 3.29. The van der Waals surface area contributed by atoms with E-state index in [1.165, 1.54) is 6.07 Å². The number of benzene rings is 1. The van der Waals surface area contributed by atoms with Crippen LogP contribution < -0.4 is 4.74 Å². The lowest BCUT2D eigenvalue weighted by Gasteiger charge is -2.15. The zero-order valence-corrected chi connectivity index (χ0v) is 9.61. The molecule has 0 aliphatic heterocycles. The molecule has 0 amide bonds. The minimum absolute atomic E-state index is 0.262. The number of nitrogens with zero attached hydrogens (tertiary/aromatic N) is 1. The summed E-state index contributed by atoms with van der Waals surface area (Å²) in [5.41, 5.74) is -1.28. The maximum Gasteiger partial charge on any atom is 0.573 e. The van der Waals surface area contributed by atoms with Gasteiger partial charge in [0.05, 0.1) is 19.3 Å². The van der Waals surface area contributed by atoms with E-state index in [2.05, 4.69) is 9.47 Å². The number of halogens is 3. The van der Waals surface area contributed by atoms with Crippen LogP contribution in [0.15, 0.2) is 12.1 Å². The van der Waals surface area contributed by atoms with Crippen LogP contribution in [0.4, 0.5) is 13.2 Å². The molecule has 0 unspecified atom stereocenters. The highest BCUT2D eigenvalue weighted by Crippen LogP contribution is 2.32. The number of methoxy groups -OCH3 is 1. The molecule has 0 atom stereocenters. The summed E-state index contributed by atoms with van der Waals surface area (Å²) >= 11 is 0. The summed E-state index contributed by atoms with van der Waals surface area (Å²) in [6.45, 7) is -0.776. The second-order valence-corrected chi connectivity index (χ2v) is 3.29. The molecule has 1 N–H and O–H groups in total. The van der Waals surface area contributed by atoms with Gasteiger partial charge in [-0.25, -0.2) is 4.79 Å². The lowest BCUT2D eigenvalue weighted by molar-refractivity contribution is -0.275. The number of hydrogen-bond donors (Lipinski definition) is 1. The van der Waals surface area contributed by atoms with E-state index in [1.54, 1.807) is 0 Å². The lowest BCUT2D eigenvalue weighted by Crippen LogP contribution is -2.20. The summed E-state index contributed by atoms with van der Waals surface area (Å²) in [5, 5.41) is 17.8. The van der Waals surface area contributed by atoms with Crippen molar-refractivity contribution in [1.82, 2.24) is 0 Å². The number of carbonyl (C=O) groups excluding carboxylic acids is 1. The topological polar surface area (TPSA) is 79.6 Å². The largest absolute Gasteiger partial charge is 0.573 e. The SMILES string of the molecule is COC(=O)c1ccc(CO)c(OC(F)(F)F)c1C#N. The summed E-state index contributed by atoms with van der Waals surface area (Å²) in [7, 11) is 1.02. The average molecular weight is 275 g/mol. The van der Waals surface area contributed by atoms with Crippen molar-refractivity contribution < 1.29 is 32.5 Å². The van der Waals surface area contributed by atoms with Gasteiger partial charge >= 0.3 is 12.3 Å². The predicted molar refractivity (Wildman–Crippen MR) is 55.1 cm³/mol. The molecule has 0 heterocycles. The number of alkyl halides is 3. The molecule has 0 saturated carbocycles. The minimum Gasteiger partial charge on any atom is -0.465 e. The fourth-order valence-electron chi connectivity index (χ4n) is 1.37. The van der Waals surface area contributed by atoms with Gasteiger partial charge < -0.3 is 14.6 Å². The molecule has 102 valence electrons. The Morgan fingerprint density at radius 2 is 2.11 bits per heavy atom. The molecule has 0 aliphatic carbocycles. The van der Waals surface area contributed by atoms with Crippen molar-refractivity contribution in [1.29, 1.82) is 5.26 Å². The van der Waals surface area contributed by atoms with Crippen molar-refractivity contribution in [2.24, 2.45) is 0 Å². The van der Waals surface area contributed by atoms with Gasteiger partial charge in [-0.1, -0.05) is 6.07 Å². The quantitative estimate of drug-likeness (QED) is 0.850. The fourth-order valence-corrected chi connectivity index (χ4v) is 1.37. The van der Waals surface area contributed by atoms with E-state index in [9.17, 15) is 18.0 Å². The zero-order chi connectivity index (χ0) is 14.6. The highest BCUT2D eigenvalue weighted by Gasteiger charge is 2.34. The van der Waals surface area contributed by atoms with Crippen LogP contribution in [0.1, 0.15) is 21.5 Å². The summed E-state index contributed by atoms with van der Waals surface area (Å²) in [6.07, 6.45) is -5.05. The molecule has 1 aromatic rings. The molecule has 0 spiro atoms. The molecule has 8 heteroatoms. The van der Waals surface area contributed by atoms with Gasteiger partial charge in [0, 0.05) is 5.56 Å². The van der Waals surface area contributed by atoms with Crippen LogP contribution >= 0.6 is 0 Å². The van der Waals surface area contributed by atoms with E-state index in [0.717, 1.165) is 19.2 Å². The first kappa shape index (κ1) is 14.8. The predicted octanol–water partition coefficient (Wildman–Crippen LogP) is 1.74. The maximum atomic E-state index is 12.3. The summed E-state index contributed by atoms with van der Waals surface area (Å²) in [5.74, 6) is -1.88. The Morgan fingerprint density at radius 1 is 1.47 bits per heavy atom. The number of hydrogen-bond acceptors (Lipinski definition) is 5. The molecule has 0 radical (unpaired) electrons. The summed E-state index contributed by atoms with van der Waals surface area (Å²) in [4.78, 5) is 11.3. The molecule has 5 nitrogen and oxygen atoms in total. The number of rotatable bonds is 3. The van der Waals surface area contributed by atoms with Gasteiger partial charge in [0.2, 0.25) is 0 Å². The lowest BCUT2D eigenvalue weighted by atomic mass is 10.0. The number of carbonyl (C=O) groups is 1. The molecular formula is C11H8F3NO4. The summed E-state index contributed by atoms with van der Waals surface area (Å²) < 4.78 is 44.8. The van der Waals surface area contributed by atoms with Gasteiger partial charge in [0.15, 0.2) is 5.75 Å². The number of ether oxygens (including phenoxy) is 2. The van der Waals surface area contributed by atoms with Gasteiger partial charge in [-0.05, 0) is 6.07 Å². The molecule has 19 heavy (non-hydrogen) atoms. The van der Waals surface area contributed by atoms with Crippen LogP contribution in [0.5, 0.6) is 5.75 Å². The van der Waals surface area contributed by atoms with Gasteiger partial charge in [-0.2, -0.15) is 5.26 Å². The molecule has 1 aromatic carbocycles. The maximum absolute atomic E-state index is 12.3. The van der Waals surface area contributed by atoms with Gasteiger partial charge in [-0.15, -0.1) is 13.2 Å². The number of aliphatic hydroxyl groups excluding tert-OH is 1. The average Bonchev–Trinajstić information content (AvgIpc) is 2.35. The molecule has 0 bridgehead atoms. The van der Waals surface area contributed by atoms with Gasteiger partial charge in [0.1, 0.15) is 11.6 Å². The van der Waals surface area contributed by atoms with Crippen molar-refractivity contribution >= 4 is 5.97 Å². The number of esters is 1. The van der Waals surface area contributed by atoms with Crippen molar-refractivity contribution in [3.8, 4) is 11.8 Å². The van der Waals surface area contributed by atoms with E-state index >= 15 is 0 Å². The van der Waals surface area contributed by atoms with Crippen molar-refractivity contribution in [3.05, 3.63) is 28.8 Å². The zero-order valence-electron chi connectivity index (χ0n) is 9.61. The van der Waals surface area contributed by atoms with Crippen LogP contribution in [0.25, 0.3) is 0 Å². The standard InChI is InChI=1S/C11H8F3NO4/c1-18-10(17)7-3-2-6(5-16)9(8(7)4-15)19-11(12,13)14/h2-3,16H,5H2,1H3. The van der Waals surface area contributed by atoms with Crippen LogP contribution in [-0.4, -0.2) is 24.5 Å². The van der Waals surface area contributed by atoms with E-state index in [0.29, 0.717) is 0 Å². The molecule has 1 rings (SSSR count). The van der Waals surface area contributed by atoms with Crippen molar-refractivity contribution in [3.63, 3.8) is 0 Å². The third-order valence-electron chi connectivity index (χ3n) is 2.14. The highest BCUT2D eigenvalue weighted by atomic mass is 19.4. The molecule has 0 saturated heterocycles. The van der Waals surface area contributed by atoms with Crippen LogP contribution in [0.3, 0.4) is 0 Å². The number of nitriles is 1.